The van der Waals surface area contributed by atoms with Crippen molar-refractivity contribution < 1.29 is 4.74 Å². The van der Waals surface area contributed by atoms with Crippen molar-refractivity contribution in [2.75, 3.05) is 0 Å². The molecule has 1 aromatic heterocycles. The van der Waals surface area contributed by atoms with Crippen molar-refractivity contribution in [3.05, 3.63) is 112 Å². The lowest BCUT2D eigenvalue weighted by atomic mass is 10.0. The summed E-state index contributed by atoms with van der Waals surface area (Å²) in [6, 6.07) is 15.9. The van der Waals surface area contributed by atoms with E-state index >= 15 is 0 Å². The van der Waals surface area contributed by atoms with Crippen molar-refractivity contribution in [2.45, 2.75) is 32.5 Å². The number of nitrogens with zero attached hydrogens (tertiary/aromatic N) is 1. The van der Waals surface area contributed by atoms with Crippen molar-refractivity contribution in [3.8, 4) is 22.9 Å². The third-order valence-electron chi connectivity index (χ3n) is 6.20. The Hall–Kier alpha value is -4.49. The van der Waals surface area contributed by atoms with E-state index in [1.165, 1.54) is 0 Å². The summed E-state index contributed by atoms with van der Waals surface area (Å²) in [5, 5.41) is 8.79. The largest absolute Gasteiger partial charge is 0.457 e. The van der Waals surface area contributed by atoms with Crippen molar-refractivity contribution in [1.29, 1.82) is 0 Å². The molecule has 0 radical (unpaired) electrons. The number of aromatic nitrogens is 2. The molecule has 7 nitrogen and oxygen atoms in total. The molecule has 0 saturated carbocycles. The zero-order chi connectivity index (χ0) is 26.0. The van der Waals surface area contributed by atoms with Crippen LogP contribution in [0.15, 0.2) is 96.0 Å². The molecule has 2 unspecified atom stereocenters. The Bertz CT molecular complexity index is 1530. The highest BCUT2D eigenvalue weighted by Gasteiger charge is 2.22. The van der Waals surface area contributed by atoms with Gasteiger partial charge in [0.2, 0.25) is 0 Å². The second kappa shape index (κ2) is 9.87. The summed E-state index contributed by atoms with van der Waals surface area (Å²) >= 11 is 0. The summed E-state index contributed by atoms with van der Waals surface area (Å²) in [6.07, 6.45) is 13.8. The van der Waals surface area contributed by atoms with E-state index in [0.717, 1.165) is 56.2 Å². The highest BCUT2D eigenvalue weighted by molar-refractivity contribution is 5.59. The number of ether oxygens (including phenoxy) is 1. The first-order valence-corrected chi connectivity index (χ1v) is 12.3. The van der Waals surface area contributed by atoms with E-state index in [0.29, 0.717) is 0 Å². The number of benzene rings is 2. The van der Waals surface area contributed by atoms with E-state index < -0.39 is 5.54 Å². The topological polar surface area (TPSA) is 114 Å². The van der Waals surface area contributed by atoms with Crippen LogP contribution >= 0.6 is 0 Å². The third kappa shape index (κ3) is 5.52. The number of allylic oxidation sites excluding steroid dienone is 5. The zero-order valence-corrected chi connectivity index (χ0v) is 21.2. The molecule has 0 amide bonds. The van der Waals surface area contributed by atoms with Crippen LogP contribution in [0.1, 0.15) is 32.5 Å². The molecule has 2 aliphatic rings. The van der Waals surface area contributed by atoms with Crippen LogP contribution in [0.4, 0.5) is 0 Å². The van der Waals surface area contributed by atoms with Gasteiger partial charge in [-0.3, -0.25) is 0 Å². The Balaban J connectivity index is 1.27. The molecular weight excluding hydrogens is 460 g/mol. The maximum Gasteiger partial charge on any atom is 0.138 e. The first-order chi connectivity index (χ1) is 17.8. The lowest BCUT2D eigenvalue weighted by molar-refractivity contribution is 0.482. The van der Waals surface area contributed by atoms with Crippen molar-refractivity contribution >= 4 is 12.2 Å². The van der Waals surface area contributed by atoms with Crippen molar-refractivity contribution in [3.63, 3.8) is 0 Å². The van der Waals surface area contributed by atoms with Gasteiger partial charge in [-0.1, -0.05) is 30.4 Å². The predicted molar refractivity (Wildman–Crippen MR) is 149 cm³/mol. The van der Waals surface area contributed by atoms with E-state index in [4.69, 9.17) is 21.2 Å². The molecule has 1 saturated heterocycles. The Labute approximate surface area is 216 Å². The normalized spacial score (nSPS) is 23.0. The minimum absolute atomic E-state index is 0.0252. The van der Waals surface area contributed by atoms with Crippen LogP contribution in [0, 0.1) is 0 Å². The minimum atomic E-state index is -0.528. The molecule has 7 heteroatoms. The van der Waals surface area contributed by atoms with Gasteiger partial charge in [0.05, 0.1) is 27.6 Å². The Morgan fingerprint density at radius 1 is 1.03 bits per heavy atom. The highest BCUT2D eigenvalue weighted by atomic mass is 16.5. The van der Waals surface area contributed by atoms with Gasteiger partial charge in [0.25, 0.3) is 0 Å². The number of rotatable bonds is 5. The van der Waals surface area contributed by atoms with Crippen LogP contribution in [-0.4, -0.2) is 15.5 Å². The van der Waals surface area contributed by atoms with Crippen molar-refractivity contribution in [1.82, 2.24) is 20.6 Å². The van der Waals surface area contributed by atoms with E-state index in [2.05, 4.69) is 27.8 Å². The number of nitrogens with two attached hydrogens (primary N) is 2. The monoisotopic (exact) mass is 492 g/mol. The van der Waals surface area contributed by atoms with Crippen LogP contribution in [-0.2, 0) is 0 Å². The second-order valence-electron chi connectivity index (χ2n) is 9.53. The Morgan fingerprint density at radius 3 is 2.38 bits per heavy atom. The summed E-state index contributed by atoms with van der Waals surface area (Å²) in [4.78, 5) is 8.12. The second-order valence-corrected chi connectivity index (χ2v) is 9.53. The molecule has 1 aliphatic heterocycles. The summed E-state index contributed by atoms with van der Waals surface area (Å²) in [5.74, 6) is 2.31. The SMILES string of the molecule is C/C=C1/NC(c2ccc(Oc3ccc(-c4nc5c([nH]4)=CC=CC(C)(N)C=5)cc3)cc2)N/C1=C/C=C(\C)N. The maximum absolute atomic E-state index is 6.27. The summed E-state index contributed by atoms with van der Waals surface area (Å²) in [7, 11) is 0. The summed E-state index contributed by atoms with van der Waals surface area (Å²) < 4.78 is 6.09. The fourth-order valence-corrected chi connectivity index (χ4v) is 4.27. The third-order valence-corrected chi connectivity index (χ3v) is 6.20. The lowest BCUT2D eigenvalue weighted by Gasteiger charge is -2.13. The molecule has 1 aliphatic carbocycles. The van der Waals surface area contributed by atoms with Gasteiger partial charge in [0.15, 0.2) is 0 Å². The van der Waals surface area contributed by atoms with Gasteiger partial charge < -0.3 is 31.8 Å². The number of aromatic amines is 1. The molecule has 0 bridgehead atoms. The first-order valence-electron chi connectivity index (χ1n) is 12.3. The lowest BCUT2D eigenvalue weighted by Crippen LogP contribution is -2.35. The standard InChI is InChI=1S/C30H32N6O/c1-4-24-26(16-7-19(2)31)35-28(33-24)20-8-12-22(13-9-20)37-23-14-10-21(11-15-23)29-34-25-6-5-17-30(3,32)18-27(25)36-29/h4-18,28,33,35H,31-32H2,1-3H3,(H,34,36)/b19-7+,24-4+,26-16+. The molecule has 2 heterocycles. The van der Waals surface area contributed by atoms with Gasteiger partial charge in [0, 0.05) is 11.3 Å². The smallest absolute Gasteiger partial charge is 0.138 e. The van der Waals surface area contributed by atoms with E-state index in [-0.39, 0.29) is 6.17 Å². The molecule has 188 valence electrons. The minimum Gasteiger partial charge on any atom is -0.457 e. The Kier molecular flexibility index (Phi) is 6.46. The predicted octanol–water partition coefficient (Wildman–Crippen LogP) is 3.56. The molecule has 5 rings (SSSR count). The fraction of sp³-hybridized carbons (Fsp3) is 0.167. The van der Waals surface area contributed by atoms with Crippen LogP contribution in [0.3, 0.4) is 0 Å². The number of hydrogen-bond donors (Lipinski definition) is 5. The van der Waals surface area contributed by atoms with E-state index in [9.17, 15) is 0 Å². The van der Waals surface area contributed by atoms with Gasteiger partial charge >= 0.3 is 0 Å². The van der Waals surface area contributed by atoms with Crippen LogP contribution in [0.2, 0.25) is 0 Å². The highest BCUT2D eigenvalue weighted by Crippen LogP contribution is 2.28. The number of imidazole rings is 1. The zero-order valence-electron chi connectivity index (χ0n) is 21.2. The molecule has 2 aromatic carbocycles. The molecular formula is C30H32N6O. The number of fused-ring (bicyclic) bond motifs is 1. The quantitative estimate of drug-likeness (QED) is 0.372. The van der Waals surface area contributed by atoms with Crippen LogP contribution in [0.5, 0.6) is 11.5 Å². The molecule has 2 atom stereocenters. The fourth-order valence-electron chi connectivity index (χ4n) is 4.27. The van der Waals surface area contributed by atoms with Gasteiger partial charge in [-0.25, -0.2) is 4.98 Å². The molecule has 3 aromatic rings. The van der Waals surface area contributed by atoms with E-state index in [1.807, 2.05) is 99.7 Å². The van der Waals surface area contributed by atoms with Gasteiger partial charge in [-0.15, -0.1) is 0 Å². The van der Waals surface area contributed by atoms with Crippen molar-refractivity contribution in [2.24, 2.45) is 11.5 Å². The molecule has 37 heavy (non-hydrogen) atoms. The summed E-state index contributed by atoms with van der Waals surface area (Å²) in [6.45, 7) is 5.83. The van der Waals surface area contributed by atoms with Crippen LogP contribution < -0.4 is 37.5 Å². The van der Waals surface area contributed by atoms with Crippen LogP contribution in [0.25, 0.3) is 23.5 Å². The average Bonchev–Trinajstić information content (AvgIpc) is 3.43. The Morgan fingerprint density at radius 2 is 1.70 bits per heavy atom. The molecule has 1 fully saturated rings. The number of H-pyrrole nitrogens is 1. The molecule has 7 N–H and O–H groups in total. The average molecular weight is 493 g/mol. The number of nitrogens with one attached hydrogen (secondary N) is 3. The molecule has 0 spiro atoms. The first kappa shape index (κ1) is 24.2. The number of hydrogen-bond acceptors (Lipinski definition) is 6. The van der Waals surface area contributed by atoms with Gasteiger partial charge in [-0.05, 0) is 87.0 Å². The maximum atomic E-state index is 6.27. The van der Waals surface area contributed by atoms with Gasteiger partial charge in [0.1, 0.15) is 23.5 Å². The van der Waals surface area contributed by atoms with Gasteiger partial charge in [-0.2, -0.15) is 0 Å². The van der Waals surface area contributed by atoms with E-state index in [1.54, 1.807) is 0 Å². The summed E-state index contributed by atoms with van der Waals surface area (Å²) in [5.41, 5.74) is 16.4.